The second kappa shape index (κ2) is 14.1. The number of nitrogens with zero attached hydrogens (tertiary/aromatic N) is 1. The number of rotatable bonds is 7. The predicted molar refractivity (Wildman–Crippen MR) is 253 cm³/mol. The average Bonchev–Trinajstić information content (AvgIpc) is 3.78. The highest BCUT2D eigenvalue weighted by molar-refractivity contribution is 7.25. The molecule has 0 unspecified atom stereocenters. The lowest BCUT2D eigenvalue weighted by atomic mass is 9.82. The Kier molecular flexibility index (Phi) is 8.43. The number of fused-ring (bicyclic) bond motifs is 6. The van der Waals surface area contributed by atoms with Crippen molar-refractivity contribution in [2.75, 3.05) is 4.90 Å². The van der Waals surface area contributed by atoms with Gasteiger partial charge in [-0.3, -0.25) is 0 Å². The molecule has 11 rings (SSSR count). The van der Waals surface area contributed by atoms with Crippen molar-refractivity contribution in [3.05, 3.63) is 223 Å². The highest BCUT2D eigenvalue weighted by Gasteiger charge is 2.36. The van der Waals surface area contributed by atoms with E-state index in [0.717, 1.165) is 17.1 Å². The van der Waals surface area contributed by atoms with Crippen molar-refractivity contribution in [2.45, 2.75) is 19.3 Å². The van der Waals surface area contributed by atoms with Gasteiger partial charge in [0.15, 0.2) is 0 Å². The molecule has 0 aliphatic heterocycles. The molecule has 0 N–H and O–H groups in total. The molecule has 2 heteroatoms. The normalized spacial score (nSPS) is 12.7. The molecule has 0 saturated heterocycles. The van der Waals surface area contributed by atoms with E-state index in [0.29, 0.717) is 0 Å². The summed E-state index contributed by atoms with van der Waals surface area (Å²) in [5.41, 5.74) is 18.2. The van der Waals surface area contributed by atoms with Gasteiger partial charge >= 0.3 is 0 Å². The average molecular weight is 772 g/mol. The van der Waals surface area contributed by atoms with Crippen molar-refractivity contribution in [3.8, 4) is 55.6 Å². The summed E-state index contributed by atoms with van der Waals surface area (Å²) in [6.45, 7) is 4.73. The van der Waals surface area contributed by atoms with Crippen molar-refractivity contribution in [1.29, 1.82) is 0 Å². The van der Waals surface area contributed by atoms with Crippen molar-refractivity contribution in [3.63, 3.8) is 0 Å². The number of benzene rings is 9. The topological polar surface area (TPSA) is 3.24 Å². The van der Waals surface area contributed by atoms with Gasteiger partial charge in [-0.05, 0) is 110 Å². The summed E-state index contributed by atoms with van der Waals surface area (Å²) in [4.78, 5) is 2.49. The lowest BCUT2D eigenvalue weighted by Crippen LogP contribution is -2.17. The third-order valence-electron chi connectivity index (χ3n) is 12.3. The van der Waals surface area contributed by atoms with E-state index >= 15 is 0 Å². The van der Waals surface area contributed by atoms with Crippen LogP contribution in [0, 0.1) is 0 Å². The quantitative estimate of drug-likeness (QED) is 0.156. The minimum absolute atomic E-state index is 0.142. The van der Waals surface area contributed by atoms with E-state index in [-0.39, 0.29) is 5.41 Å². The summed E-state index contributed by atoms with van der Waals surface area (Å²) in [6.07, 6.45) is 0. The van der Waals surface area contributed by atoms with Crippen LogP contribution in [0.2, 0.25) is 0 Å². The van der Waals surface area contributed by atoms with Crippen molar-refractivity contribution >= 4 is 48.6 Å². The second-order valence-corrected chi connectivity index (χ2v) is 17.2. The maximum atomic E-state index is 2.49. The molecule has 0 bridgehead atoms. The molecule has 0 amide bonds. The van der Waals surface area contributed by atoms with Gasteiger partial charge in [-0.2, -0.15) is 0 Å². The Morgan fingerprint density at radius 1 is 0.356 bits per heavy atom. The molecule has 9 aromatic carbocycles. The number of hydrogen-bond donors (Lipinski definition) is 0. The van der Waals surface area contributed by atoms with Crippen molar-refractivity contribution in [2.24, 2.45) is 0 Å². The molecule has 0 saturated carbocycles. The lowest BCUT2D eigenvalue weighted by Gasteiger charge is -2.31. The first-order valence-corrected chi connectivity index (χ1v) is 21.2. The van der Waals surface area contributed by atoms with Crippen molar-refractivity contribution in [1.82, 2.24) is 0 Å². The lowest BCUT2D eigenvalue weighted by molar-refractivity contribution is 0.660. The van der Waals surface area contributed by atoms with Crippen LogP contribution >= 0.6 is 11.3 Å². The standard InChI is InChI=1S/C57H41NS/c1-57(2)51-25-13-11-21-46(51)47-34-33-43(37-52(47)57)58(42-31-28-38(29-32-42)41-30-35-55-50(36-41)48-22-12-14-27-54(48)59-55)53-26-15-24-45(40-18-7-4-8-19-40)56(53)49-23-10-9-20-44(49)39-16-5-3-6-17-39/h3-37H,1-2H3. The fraction of sp³-hybridized carbons (Fsp3) is 0.0526. The van der Waals surface area contributed by atoms with Crippen LogP contribution in [0.4, 0.5) is 17.1 Å². The summed E-state index contributed by atoms with van der Waals surface area (Å²) < 4.78 is 2.65. The first-order chi connectivity index (χ1) is 29.0. The Morgan fingerprint density at radius 3 is 1.71 bits per heavy atom. The summed E-state index contributed by atoms with van der Waals surface area (Å²) in [5.74, 6) is 0. The van der Waals surface area contributed by atoms with E-state index in [1.54, 1.807) is 0 Å². The van der Waals surface area contributed by atoms with Crippen LogP contribution in [-0.2, 0) is 5.41 Å². The molecule has 1 nitrogen and oxygen atoms in total. The van der Waals surface area contributed by atoms with Gasteiger partial charge in [0, 0.05) is 42.5 Å². The Balaban J connectivity index is 1.14. The van der Waals surface area contributed by atoms with Gasteiger partial charge in [0.25, 0.3) is 0 Å². The number of anilines is 3. The number of hydrogen-bond acceptors (Lipinski definition) is 2. The van der Waals surface area contributed by atoms with Gasteiger partial charge in [-0.1, -0.05) is 178 Å². The molecule has 0 fully saturated rings. The Morgan fingerprint density at radius 2 is 0.932 bits per heavy atom. The maximum absolute atomic E-state index is 2.49. The molecule has 0 spiro atoms. The second-order valence-electron chi connectivity index (χ2n) is 16.1. The molecular weight excluding hydrogens is 731 g/mol. The van der Waals surface area contributed by atoms with Crippen LogP contribution in [-0.4, -0.2) is 0 Å². The molecule has 0 atom stereocenters. The summed E-state index contributed by atoms with van der Waals surface area (Å²) >= 11 is 1.86. The third kappa shape index (κ3) is 5.91. The van der Waals surface area contributed by atoms with E-state index in [1.165, 1.54) is 86.9 Å². The zero-order valence-electron chi connectivity index (χ0n) is 33.1. The van der Waals surface area contributed by atoms with Gasteiger partial charge in [-0.15, -0.1) is 11.3 Å². The smallest absolute Gasteiger partial charge is 0.0546 e. The molecule has 280 valence electrons. The largest absolute Gasteiger partial charge is 0.310 e. The molecular formula is C57H41NS. The predicted octanol–water partition coefficient (Wildman–Crippen LogP) is 16.5. The van der Waals surface area contributed by atoms with Crippen LogP contribution in [0.3, 0.4) is 0 Å². The molecule has 10 aromatic rings. The van der Waals surface area contributed by atoms with E-state index in [4.69, 9.17) is 0 Å². The highest BCUT2D eigenvalue weighted by atomic mass is 32.1. The minimum Gasteiger partial charge on any atom is -0.310 e. The maximum Gasteiger partial charge on any atom is 0.0546 e. The minimum atomic E-state index is -0.142. The summed E-state index contributed by atoms with van der Waals surface area (Å²) in [6, 6.07) is 78.2. The Bertz CT molecular complexity index is 3170. The molecule has 1 aliphatic carbocycles. The van der Waals surface area contributed by atoms with Crippen LogP contribution in [0.5, 0.6) is 0 Å². The third-order valence-corrected chi connectivity index (χ3v) is 13.5. The van der Waals surface area contributed by atoms with E-state index in [2.05, 4.69) is 231 Å². The van der Waals surface area contributed by atoms with Crippen LogP contribution in [0.15, 0.2) is 212 Å². The van der Waals surface area contributed by atoms with Gasteiger partial charge in [0.1, 0.15) is 0 Å². The Labute approximate surface area is 350 Å². The van der Waals surface area contributed by atoms with Crippen molar-refractivity contribution < 1.29 is 0 Å². The SMILES string of the molecule is CC1(C)c2ccccc2-c2ccc(N(c3ccc(-c4ccc5sc6ccccc6c5c4)cc3)c3cccc(-c4ccccc4)c3-c3ccccc3-c3ccccc3)cc21. The van der Waals surface area contributed by atoms with Gasteiger partial charge in [0.2, 0.25) is 0 Å². The zero-order chi connectivity index (χ0) is 39.5. The fourth-order valence-electron chi connectivity index (χ4n) is 9.41. The number of thiophene rings is 1. The van der Waals surface area contributed by atoms with Gasteiger partial charge < -0.3 is 4.90 Å². The van der Waals surface area contributed by atoms with Crippen LogP contribution < -0.4 is 4.90 Å². The zero-order valence-corrected chi connectivity index (χ0v) is 33.9. The van der Waals surface area contributed by atoms with E-state index in [9.17, 15) is 0 Å². The molecule has 1 aromatic heterocycles. The van der Waals surface area contributed by atoms with Crippen LogP contribution in [0.1, 0.15) is 25.0 Å². The first-order valence-electron chi connectivity index (χ1n) is 20.4. The van der Waals surface area contributed by atoms with E-state index in [1.807, 2.05) is 11.3 Å². The first kappa shape index (κ1) is 35.2. The molecule has 1 heterocycles. The fourth-order valence-corrected chi connectivity index (χ4v) is 10.5. The highest BCUT2D eigenvalue weighted by Crippen LogP contribution is 2.53. The van der Waals surface area contributed by atoms with Crippen LogP contribution in [0.25, 0.3) is 75.8 Å². The van der Waals surface area contributed by atoms with E-state index < -0.39 is 0 Å². The molecule has 1 aliphatic rings. The molecule has 0 radical (unpaired) electrons. The molecule has 59 heavy (non-hydrogen) atoms. The monoisotopic (exact) mass is 771 g/mol. The Hall–Kier alpha value is -7.00. The summed E-state index contributed by atoms with van der Waals surface area (Å²) in [7, 11) is 0. The summed E-state index contributed by atoms with van der Waals surface area (Å²) in [5, 5.41) is 2.63. The van der Waals surface area contributed by atoms with Gasteiger partial charge in [-0.25, -0.2) is 0 Å². The van der Waals surface area contributed by atoms with Gasteiger partial charge in [0.05, 0.1) is 5.69 Å².